The summed E-state index contributed by atoms with van der Waals surface area (Å²) in [5.41, 5.74) is 5.11. The van der Waals surface area contributed by atoms with Crippen LogP contribution in [0.2, 0.25) is 0 Å². The third-order valence-corrected chi connectivity index (χ3v) is 2.47. The topological polar surface area (TPSA) is 94.0 Å². The Hall–Kier alpha value is -1.43. The van der Waals surface area contributed by atoms with Gasteiger partial charge in [0, 0.05) is 13.5 Å². The van der Waals surface area contributed by atoms with Crippen LogP contribution in [-0.4, -0.2) is 22.6 Å². The smallest absolute Gasteiger partial charge is 0.322 e. The Morgan fingerprint density at radius 1 is 1.64 bits per heavy atom. The first-order valence-electron chi connectivity index (χ1n) is 4.48. The van der Waals surface area contributed by atoms with Crippen LogP contribution in [0.1, 0.15) is 18.7 Å². The third-order valence-electron chi connectivity index (χ3n) is 2.47. The maximum absolute atomic E-state index is 11.6. The summed E-state index contributed by atoms with van der Waals surface area (Å²) in [5, 5.41) is 9.83. The first-order chi connectivity index (χ1) is 6.66. The summed E-state index contributed by atoms with van der Waals surface area (Å²) in [6.45, 7) is 2.03. The van der Waals surface area contributed by atoms with E-state index >= 15 is 0 Å². The van der Waals surface area contributed by atoms with Crippen LogP contribution >= 0.6 is 0 Å². The Morgan fingerprint density at radius 2 is 2.36 bits per heavy atom. The summed E-state index contributed by atoms with van der Waals surface area (Å²) >= 11 is 0. The predicted molar refractivity (Wildman–Crippen MR) is 48.4 cm³/mol. The minimum atomic E-state index is -0.387. The summed E-state index contributed by atoms with van der Waals surface area (Å²) in [6, 6.07) is 0.146. The van der Waals surface area contributed by atoms with Gasteiger partial charge in [0.2, 0.25) is 11.8 Å². The normalized spacial score (nSPS) is 17.9. The second-order valence-corrected chi connectivity index (χ2v) is 3.56. The predicted octanol–water partition coefficient (Wildman–Crippen LogP) is 0.0554. The van der Waals surface area contributed by atoms with Gasteiger partial charge in [0.1, 0.15) is 0 Å². The van der Waals surface area contributed by atoms with Crippen LogP contribution in [0.15, 0.2) is 4.42 Å². The number of rotatable bonds is 3. The van der Waals surface area contributed by atoms with E-state index in [1.807, 2.05) is 0 Å². The Kier molecular flexibility index (Phi) is 1.99. The molecule has 0 aliphatic heterocycles. The Balaban J connectivity index is 2.01. The van der Waals surface area contributed by atoms with Crippen LogP contribution in [0, 0.1) is 12.3 Å². The third kappa shape index (κ3) is 1.48. The molecule has 1 aliphatic carbocycles. The van der Waals surface area contributed by atoms with Gasteiger partial charge in [-0.05, 0) is 12.8 Å². The number of anilines is 1. The van der Waals surface area contributed by atoms with Crippen LogP contribution in [0.25, 0.3) is 0 Å². The fraction of sp³-hybridized carbons (Fsp3) is 0.625. The average molecular weight is 196 g/mol. The number of carbonyl (C=O) groups is 1. The molecule has 6 nitrogen and oxygen atoms in total. The fourth-order valence-corrected chi connectivity index (χ4v) is 1.25. The van der Waals surface area contributed by atoms with E-state index in [4.69, 9.17) is 10.2 Å². The van der Waals surface area contributed by atoms with E-state index in [1.54, 1.807) is 6.92 Å². The zero-order chi connectivity index (χ0) is 10.2. The highest BCUT2D eigenvalue weighted by atomic mass is 16.4. The first kappa shape index (κ1) is 9.14. The van der Waals surface area contributed by atoms with Crippen LogP contribution in [-0.2, 0) is 4.79 Å². The highest BCUT2D eigenvalue weighted by Crippen LogP contribution is 2.45. The number of nitrogens with two attached hydrogens (primary N) is 1. The molecule has 1 saturated carbocycles. The highest BCUT2D eigenvalue weighted by Gasteiger charge is 2.48. The van der Waals surface area contributed by atoms with Gasteiger partial charge in [-0.3, -0.25) is 10.1 Å². The number of aryl methyl sites for hydroxylation is 1. The molecule has 1 aliphatic rings. The molecule has 14 heavy (non-hydrogen) atoms. The van der Waals surface area contributed by atoms with Gasteiger partial charge < -0.3 is 10.2 Å². The lowest BCUT2D eigenvalue weighted by molar-refractivity contribution is -0.120. The highest BCUT2D eigenvalue weighted by molar-refractivity contribution is 5.95. The zero-order valence-corrected chi connectivity index (χ0v) is 7.91. The molecule has 3 N–H and O–H groups in total. The van der Waals surface area contributed by atoms with Crippen molar-refractivity contribution in [3.05, 3.63) is 5.89 Å². The standard InChI is InChI=1S/C8H12N4O2/c1-5-11-12-7(14-5)10-6(13)8(4-9)2-3-8/h2-4,9H2,1H3,(H,10,12,13). The quantitative estimate of drug-likeness (QED) is 0.712. The number of hydrogen-bond donors (Lipinski definition) is 2. The fourth-order valence-electron chi connectivity index (χ4n) is 1.25. The number of aromatic nitrogens is 2. The average Bonchev–Trinajstić information content (AvgIpc) is 2.87. The van der Waals surface area contributed by atoms with Crippen molar-refractivity contribution in [3.8, 4) is 0 Å². The van der Waals surface area contributed by atoms with E-state index < -0.39 is 0 Å². The lowest BCUT2D eigenvalue weighted by atomic mass is 10.1. The molecular weight excluding hydrogens is 184 g/mol. The van der Waals surface area contributed by atoms with Crippen LogP contribution < -0.4 is 11.1 Å². The van der Waals surface area contributed by atoms with E-state index in [-0.39, 0.29) is 17.3 Å². The van der Waals surface area contributed by atoms with Gasteiger partial charge in [-0.25, -0.2) is 0 Å². The van der Waals surface area contributed by atoms with Gasteiger partial charge in [0.15, 0.2) is 0 Å². The Bertz CT molecular complexity index is 356. The Morgan fingerprint density at radius 3 is 2.79 bits per heavy atom. The van der Waals surface area contributed by atoms with Crippen LogP contribution in [0.4, 0.5) is 6.01 Å². The van der Waals surface area contributed by atoms with Crippen molar-refractivity contribution in [1.29, 1.82) is 0 Å². The molecule has 1 heterocycles. The van der Waals surface area contributed by atoms with Gasteiger partial charge in [-0.2, -0.15) is 0 Å². The lowest BCUT2D eigenvalue weighted by Gasteiger charge is -2.09. The maximum Gasteiger partial charge on any atom is 0.322 e. The molecule has 6 heteroatoms. The van der Waals surface area contributed by atoms with Gasteiger partial charge in [-0.15, -0.1) is 5.10 Å². The second kappa shape index (κ2) is 3.06. The molecule has 1 amide bonds. The molecule has 0 atom stereocenters. The summed E-state index contributed by atoms with van der Waals surface area (Å²) in [5.74, 6) is 0.307. The number of hydrogen-bond acceptors (Lipinski definition) is 5. The minimum absolute atomic E-state index is 0.122. The molecule has 0 bridgehead atoms. The minimum Gasteiger partial charge on any atom is -0.408 e. The number of nitrogens with zero attached hydrogens (tertiary/aromatic N) is 2. The first-order valence-corrected chi connectivity index (χ1v) is 4.48. The molecule has 0 unspecified atom stereocenters. The summed E-state index contributed by atoms with van der Waals surface area (Å²) in [4.78, 5) is 11.6. The van der Waals surface area contributed by atoms with E-state index in [1.165, 1.54) is 0 Å². The molecule has 1 aromatic heterocycles. The zero-order valence-electron chi connectivity index (χ0n) is 7.91. The molecule has 0 radical (unpaired) electrons. The van der Waals surface area contributed by atoms with Gasteiger partial charge in [0.25, 0.3) is 0 Å². The van der Waals surface area contributed by atoms with Crippen molar-refractivity contribution < 1.29 is 9.21 Å². The second-order valence-electron chi connectivity index (χ2n) is 3.56. The van der Waals surface area contributed by atoms with Crippen molar-refractivity contribution in [2.24, 2.45) is 11.1 Å². The summed E-state index contributed by atoms with van der Waals surface area (Å²) < 4.78 is 5.03. The molecule has 1 aromatic rings. The van der Waals surface area contributed by atoms with E-state index in [2.05, 4.69) is 15.5 Å². The molecule has 2 rings (SSSR count). The van der Waals surface area contributed by atoms with E-state index in [0.29, 0.717) is 12.4 Å². The van der Waals surface area contributed by atoms with Crippen molar-refractivity contribution in [2.75, 3.05) is 11.9 Å². The lowest BCUT2D eigenvalue weighted by Crippen LogP contribution is -2.30. The molecule has 76 valence electrons. The summed E-state index contributed by atoms with van der Waals surface area (Å²) in [6.07, 6.45) is 1.67. The molecule has 0 spiro atoms. The SMILES string of the molecule is Cc1nnc(NC(=O)C2(CN)CC2)o1. The summed E-state index contributed by atoms with van der Waals surface area (Å²) in [7, 11) is 0. The van der Waals surface area contributed by atoms with Gasteiger partial charge in [0.05, 0.1) is 5.41 Å². The molecule has 0 aromatic carbocycles. The van der Waals surface area contributed by atoms with Crippen molar-refractivity contribution >= 4 is 11.9 Å². The molecular formula is C8H12N4O2. The van der Waals surface area contributed by atoms with Gasteiger partial charge >= 0.3 is 6.01 Å². The largest absolute Gasteiger partial charge is 0.408 e. The monoisotopic (exact) mass is 196 g/mol. The number of amides is 1. The number of nitrogens with one attached hydrogen (secondary N) is 1. The molecule has 1 fully saturated rings. The number of carbonyl (C=O) groups excluding carboxylic acids is 1. The van der Waals surface area contributed by atoms with Crippen LogP contribution in [0.5, 0.6) is 0 Å². The van der Waals surface area contributed by atoms with Gasteiger partial charge in [-0.1, -0.05) is 5.10 Å². The van der Waals surface area contributed by atoms with E-state index in [9.17, 15) is 4.79 Å². The Labute approximate surface area is 80.9 Å². The van der Waals surface area contributed by atoms with E-state index in [0.717, 1.165) is 12.8 Å². The molecule has 0 saturated heterocycles. The maximum atomic E-state index is 11.6. The van der Waals surface area contributed by atoms with Crippen LogP contribution in [0.3, 0.4) is 0 Å². The van der Waals surface area contributed by atoms with Crippen molar-refractivity contribution in [3.63, 3.8) is 0 Å². The van der Waals surface area contributed by atoms with Crippen molar-refractivity contribution in [1.82, 2.24) is 10.2 Å². The van der Waals surface area contributed by atoms with Crippen molar-refractivity contribution in [2.45, 2.75) is 19.8 Å².